The monoisotopic (exact) mass is 372 g/mol. The SMILES string of the molecule is C=CCN(C)C/C=C/COc1ccc2c(CC(O)C=C(C)C)nsc2c1. The zero-order chi connectivity index (χ0) is 18.9. The number of ether oxygens (including phenoxy) is 1. The van der Waals surface area contributed by atoms with E-state index in [-0.39, 0.29) is 0 Å². The molecule has 140 valence electrons. The first-order chi connectivity index (χ1) is 12.5. The highest BCUT2D eigenvalue weighted by Gasteiger charge is 2.11. The molecule has 0 amide bonds. The number of allylic oxidation sites excluding steroid dienone is 1. The third-order valence-electron chi connectivity index (χ3n) is 3.82. The lowest BCUT2D eigenvalue weighted by molar-refractivity contribution is 0.222. The summed E-state index contributed by atoms with van der Waals surface area (Å²) in [6.45, 7) is 9.98. The molecule has 0 aliphatic heterocycles. The molecule has 0 aliphatic carbocycles. The minimum atomic E-state index is -0.495. The van der Waals surface area contributed by atoms with Crippen molar-refractivity contribution in [3.05, 3.63) is 60.3 Å². The summed E-state index contributed by atoms with van der Waals surface area (Å²) in [6.07, 6.45) is 7.91. The largest absolute Gasteiger partial charge is 0.489 e. The molecular formula is C21H28N2O2S. The topological polar surface area (TPSA) is 45.6 Å². The predicted molar refractivity (Wildman–Crippen MR) is 111 cm³/mol. The molecule has 2 aromatic rings. The van der Waals surface area contributed by atoms with Crippen molar-refractivity contribution < 1.29 is 9.84 Å². The van der Waals surface area contributed by atoms with Crippen LogP contribution in [0.15, 0.2) is 54.7 Å². The summed E-state index contributed by atoms with van der Waals surface area (Å²) < 4.78 is 11.4. The van der Waals surface area contributed by atoms with Gasteiger partial charge in [0, 0.05) is 24.9 Å². The molecule has 5 heteroatoms. The molecule has 1 heterocycles. The Bertz CT molecular complexity index is 775. The number of aliphatic hydroxyl groups excluding tert-OH is 1. The van der Waals surface area contributed by atoms with Crippen LogP contribution in [-0.2, 0) is 6.42 Å². The summed E-state index contributed by atoms with van der Waals surface area (Å²) >= 11 is 1.45. The van der Waals surface area contributed by atoms with Crippen LogP contribution in [0, 0.1) is 0 Å². The van der Waals surface area contributed by atoms with Gasteiger partial charge in [0.2, 0.25) is 0 Å². The minimum absolute atomic E-state index is 0.495. The second kappa shape index (κ2) is 10.3. The number of fused-ring (bicyclic) bond motifs is 1. The number of benzene rings is 1. The van der Waals surface area contributed by atoms with E-state index >= 15 is 0 Å². The normalized spacial score (nSPS) is 12.7. The van der Waals surface area contributed by atoms with Crippen molar-refractivity contribution in [1.29, 1.82) is 0 Å². The third kappa shape index (κ3) is 6.41. The number of likely N-dealkylation sites (N-methyl/N-ethyl adjacent to an activating group) is 1. The second-order valence-corrected chi connectivity index (χ2v) is 7.40. The highest BCUT2D eigenvalue weighted by atomic mass is 32.1. The van der Waals surface area contributed by atoms with E-state index in [1.54, 1.807) is 0 Å². The van der Waals surface area contributed by atoms with Gasteiger partial charge in [-0.1, -0.05) is 29.9 Å². The van der Waals surface area contributed by atoms with Crippen LogP contribution in [0.25, 0.3) is 10.1 Å². The fourth-order valence-corrected chi connectivity index (χ4v) is 3.45. The number of hydrogen-bond donors (Lipinski definition) is 1. The van der Waals surface area contributed by atoms with E-state index in [4.69, 9.17) is 4.74 Å². The van der Waals surface area contributed by atoms with Gasteiger partial charge in [0.05, 0.1) is 16.5 Å². The van der Waals surface area contributed by atoms with Gasteiger partial charge in [0.15, 0.2) is 0 Å². The van der Waals surface area contributed by atoms with Crippen LogP contribution in [-0.4, -0.2) is 47.2 Å². The standard InChI is InChI=1S/C21H28N2O2S/c1-5-10-23(4)11-6-7-12-25-18-8-9-19-20(22-26-21(19)15-18)14-17(24)13-16(2)3/h5-9,13,15,17,24H,1,10-12,14H2,2-4H3/b7-6+. The lowest BCUT2D eigenvalue weighted by Crippen LogP contribution is -2.17. The van der Waals surface area contributed by atoms with Gasteiger partial charge in [0.25, 0.3) is 0 Å². The zero-order valence-electron chi connectivity index (χ0n) is 15.8. The third-order valence-corrected chi connectivity index (χ3v) is 4.66. The summed E-state index contributed by atoms with van der Waals surface area (Å²) in [5.74, 6) is 0.835. The van der Waals surface area contributed by atoms with E-state index in [0.717, 1.165) is 40.2 Å². The minimum Gasteiger partial charge on any atom is -0.489 e. The van der Waals surface area contributed by atoms with E-state index in [0.29, 0.717) is 13.0 Å². The lowest BCUT2D eigenvalue weighted by Gasteiger charge is -2.10. The van der Waals surface area contributed by atoms with Crippen LogP contribution in [0.5, 0.6) is 5.75 Å². The smallest absolute Gasteiger partial charge is 0.121 e. The summed E-state index contributed by atoms with van der Waals surface area (Å²) in [6, 6.07) is 6.01. The van der Waals surface area contributed by atoms with Crippen LogP contribution >= 0.6 is 11.5 Å². The molecule has 0 radical (unpaired) electrons. The van der Waals surface area contributed by atoms with Crippen LogP contribution in [0.4, 0.5) is 0 Å². The molecule has 0 bridgehead atoms. The van der Waals surface area contributed by atoms with Crippen molar-refractivity contribution in [3.63, 3.8) is 0 Å². The van der Waals surface area contributed by atoms with Crippen molar-refractivity contribution >= 4 is 21.6 Å². The Morgan fingerprint density at radius 3 is 2.88 bits per heavy atom. The van der Waals surface area contributed by atoms with Gasteiger partial charge in [-0.05, 0) is 50.6 Å². The average Bonchev–Trinajstić information content (AvgIpc) is 2.96. The summed E-state index contributed by atoms with van der Waals surface area (Å²) in [5.41, 5.74) is 2.04. The lowest BCUT2D eigenvalue weighted by atomic mass is 10.1. The Kier molecular flexibility index (Phi) is 8.04. The quantitative estimate of drug-likeness (QED) is 0.634. The molecule has 2 rings (SSSR count). The molecule has 0 fully saturated rings. The van der Waals surface area contributed by atoms with Crippen LogP contribution in [0.1, 0.15) is 19.5 Å². The fraction of sp³-hybridized carbons (Fsp3) is 0.381. The summed E-state index contributed by atoms with van der Waals surface area (Å²) in [4.78, 5) is 2.16. The van der Waals surface area contributed by atoms with Gasteiger partial charge in [-0.15, -0.1) is 6.58 Å². The van der Waals surface area contributed by atoms with Gasteiger partial charge >= 0.3 is 0 Å². The average molecular weight is 373 g/mol. The predicted octanol–water partition coefficient (Wildman–Crippen LogP) is 4.22. The van der Waals surface area contributed by atoms with Gasteiger partial charge in [-0.2, -0.15) is 4.37 Å². The van der Waals surface area contributed by atoms with Crippen molar-refractivity contribution in [2.24, 2.45) is 0 Å². The maximum absolute atomic E-state index is 10.1. The Morgan fingerprint density at radius 1 is 1.35 bits per heavy atom. The maximum Gasteiger partial charge on any atom is 0.121 e. The number of aliphatic hydroxyl groups is 1. The number of nitrogens with zero attached hydrogens (tertiary/aromatic N) is 2. The molecule has 0 saturated carbocycles. The highest BCUT2D eigenvalue weighted by molar-refractivity contribution is 7.13. The zero-order valence-corrected chi connectivity index (χ0v) is 16.6. The van der Waals surface area contributed by atoms with E-state index in [1.165, 1.54) is 11.5 Å². The molecule has 0 aliphatic rings. The molecule has 4 nitrogen and oxygen atoms in total. The first-order valence-corrected chi connectivity index (χ1v) is 9.55. The summed E-state index contributed by atoms with van der Waals surface area (Å²) in [7, 11) is 2.05. The van der Waals surface area contributed by atoms with Crippen LogP contribution in [0.3, 0.4) is 0 Å². The molecule has 1 N–H and O–H groups in total. The number of aromatic nitrogens is 1. The van der Waals surface area contributed by atoms with Gasteiger partial charge in [-0.25, -0.2) is 0 Å². The van der Waals surface area contributed by atoms with E-state index < -0.39 is 6.10 Å². The van der Waals surface area contributed by atoms with Gasteiger partial charge in [-0.3, -0.25) is 4.90 Å². The fourth-order valence-electron chi connectivity index (χ4n) is 2.61. The second-order valence-electron chi connectivity index (χ2n) is 6.60. The molecule has 26 heavy (non-hydrogen) atoms. The Labute approximate surface area is 160 Å². The van der Waals surface area contributed by atoms with Gasteiger partial charge < -0.3 is 9.84 Å². The summed E-state index contributed by atoms with van der Waals surface area (Å²) in [5, 5.41) is 11.2. The number of hydrogen-bond acceptors (Lipinski definition) is 5. The Hall–Kier alpha value is -1.95. The van der Waals surface area contributed by atoms with Gasteiger partial charge in [0.1, 0.15) is 12.4 Å². The van der Waals surface area contributed by atoms with Crippen molar-refractivity contribution in [3.8, 4) is 5.75 Å². The molecule has 1 unspecified atom stereocenters. The Balaban J connectivity index is 1.92. The first-order valence-electron chi connectivity index (χ1n) is 8.78. The van der Waals surface area contributed by atoms with Crippen molar-refractivity contribution in [1.82, 2.24) is 9.27 Å². The highest BCUT2D eigenvalue weighted by Crippen LogP contribution is 2.28. The molecular weight excluding hydrogens is 344 g/mol. The maximum atomic E-state index is 10.1. The van der Waals surface area contributed by atoms with Crippen LogP contribution in [0.2, 0.25) is 0 Å². The molecule has 1 atom stereocenters. The van der Waals surface area contributed by atoms with Crippen LogP contribution < -0.4 is 4.74 Å². The van der Waals surface area contributed by atoms with Crippen molar-refractivity contribution in [2.75, 3.05) is 26.7 Å². The number of rotatable bonds is 10. The molecule has 0 spiro atoms. The molecule has 1 aromatic carbocycles. The molecule has 0 saturated heterocycles. The molecule has 1 aromatic heterocycles. The Morgan fingerprint density at radius 2 is 2.15 bits per heavy atom. The van der Waals surface area contributed by atoms with Crippen molar-refractivity contribution in [2.45, 2.75) is 26.4 Å². The van der Waals surface area contributed by atoms with E-state index in [2.05, 4.69) is 29.0 Å². The first kappa shape index (κ1) is 20.4. The van der Waals surface area contributed by atoms with E-state index in [9.17, 15) is 5.11 Å². The van der Waals surface area contributed by atoms with E-state index in [1.807, 2.05) is 50.3 Å².